The van der Waals surface area contributed by atoms with Crippen LogP contribution in [0.15, 0.2) is 15.4 Å². The first-order valence-electron chi connectivity index (χ1n) is 4.89. The highest BCUT2D eigenvalue weighted by Gasteiger charge is 2.18. The van der Waals surface area contributed by atoms with Crippen LogP contribution >= 0.6 is 31.9 Å². The van der Waals surface area contributed by atoms with E-state index in [4.69, 9.17) is 0 Å². The molecule has 0 aromatic carbocycles. The van der Waals surface area contributed by atoms with E-state index in [-0.39, 0.29) is 10.4 Å². The lowest BCUT2D eigenvalue weighted by Gasteiger charge is -2.11. The summed E-state index contributed by atoms with van der Waals surface area (Å²) in [4.78, 5) is 18.9. The minimum atomic E-state index is -4.14. The zero-order chi connectivity index (χ0) is 14.6. The van der Waals surface area contributed by atoms with Crippen LogP contribution < -0.4 is 9.44 Å². The molecule has 0 spiro atoms. The maximum Gasteiger partial charge on any atom is 0.422 e. The summed E-state index contributed by atoms with van der Waals surface area (Å²) in [7, 11) is -4.14. The van der Waals surface area contributed by atoms with Gasteiger partial charge in [-0.15, -0.1) is 0 Å². The molecule has 0 saturated heterocycles. The van der Waals surface area contributed by atoms with Crippen molar-refractivity contribution in [1.29, 1.82) is 0 Å². The molecule has 1 aromatic heterocycles. The lowest BCUT2D eigenvalue weighted by Crippen LogP contribution is -2.37. The van der Waals surface area contributed by atoms with Crippen LogP contribution in [0.5, 0.6) is 0 Å². The van der Waals surface area contributed by atoms with Crippen LogP contribution in [0.3, 0.4) is 0 Å². The highest BCUT2D eigenvalue weighted by Crippen LogP contribution is 2.19. The highest BCUT2D eigenvalue weighted by molar-refractivity contribution is 9.11. The molecule has 0 aliphatic heterocycles. The van der Waals surface area contributed by atoms with Gasteiger partial charge in [0.1, 0.15) is 4.60 Å². The molecular formula is C8H10Br2N4O4S. The number of rotatable bonds is 4. The summed E-state index contributed by atoms with van der Waals surface area (Å²) in [5, 5.41) is 0. The lowest BCUT2D eigenvalue weighted by atomic mass is 10.5. The molecule has 2 N–H and O–H groups in total. The number of ether oxygens (including phenoxy) is 1. The first-order valence-corrected chi connectivity index (χ1v) is 7.96. The van der Waals surface area contributed by atoms with Crippen LogP contribution in [-0.2, 0) is 14.9 Å². The third kappa shape index (κ3) is 5.70. The minimum absolute atomic E-state index is 0.0620. The van der Waals surface area contributed by atoms with Gasteiger partial charge in [0.15, 0.2) is 10.4 Å². The summed E-state index contributed by atoms with van der Waals surface area (Å²) >= 11 is 6.10. The number of hydrogen-bond donors (Lipinski definition) is 2. The molecule has 19 heavy (non-hydrogen) atoms. The van der Waals surface area contributed by atoms with Crippen molar-refractivity contribution in [2.45, 2.75) is 20.0 Å². The summed E-state index contributed by atoms with van der Waals surface area (Å²) in [6.45, 7) is 3.19. The Labute approximate surface area is 126 Å². The number of hydrogen-bond acceptors (Lipinski definition) is 6. The van der Waals surface area contributed by atoms with Crippen LogP contribution in [0.25, 0.3) is 0 Å². The van der Waals surface area contributed by atoms with Gasteiger partial charge in [0.2, 0.25) is 0 Å². The van der Waals surface area contributed by atoms with Crippen molar-refractivity contribution < 1.29 is 17.9 Å². The van der Waals surface area contributed by atoms with Crippen molar-refractivity contribution in [1.82, 2.24) is 14.7 Å². The lowest BCUT2D eigenvalue weighted by molar-refractivity contribution is 0.121. The number of aromatic nitrogens is 2. The SMILES string of the molecule is CC(C)OC(=O)NS(=O)(=O)Nc1ncc(Br)nc1Br. The maximum absolute atomic E-state index is 11.6. The molecule has 0 atom stereocenters. The molecule has 1 aromatic rings. The molecule has 1 amide bonds. The fraction of sp³-hybridized carbons (Fsp3) is 0.375. The number of halogens is 2. The average Bonchev–Trinajstić information content (AvgIpc) is 2.19. The van der Waals surface area contributed by atoms with E-state index in [2.05, 4.69) is 46.6 Å². The Kier molecular flexibility index (Phi) is 5.50. The van der Waals surface area contributed by atoms with E-state index in [1.54, 1.807) is 18.6 Å². The van der Waals surface area contributed by atoms with Gasteiger partial charge in [-0.25, -0.2) is 24.2 Å². The summed E-state index contributed by atoms with van der Waals surface area (Å²) in [6.07, 6.45) is -0.215. The zero-order valence-corrected chi connectivity index (χ0v) is 13.8. The number of carbonyl (C=O) groups excluding carboxylic acids is 1. The fourth-order valence-electron chi connectivity index (χ4n) is 0.916. The molecule has 106 valence electrons. The topological polar surface area (TPSA) is 110 Å². The summed E-state index contributed by atoms with van der Waals surface area (Å²) in [5.41, 5.74) is 0. The van der Waals surface area contributed by atoms with Gasteiger partial charge < -0.3 is 4.74 Å². The van der Waals surface area contributed by atoms with Crippen molar-refractivity contribution in [2.24, 2.45) is 0 Å². The largest absolute Gasteiger partial charge is 0.446 e. The molecule has 0 saturated carbocycles. The Morgan fingerprint density at radius 2 is 2.05 bits per heavy atom. The third-order valence-corrected chi connectivity index (χ3v) is 3.32. The molecule has 1 heterocycles. The Morgan fingerprint density at radius 1 is 1.42 bits per heavy atom. The third-order valence-electron chi connectivity index (χ3n) is 1.49. The second-order valence-corrected chi connectivity index (χ2v) is 6.47. The fourth-order valence-corrected chi connectivity index (χ4v) is 2.68. The van der Waals surface area contributed by atoms with E-state index >= 15 is 0 Å². The second-order valence-electron chi connectivity index (χ2n) is 3.49. The molecule has 11 heteroatoms. The average molecular weight is 418 g/mol. The number of carbonyl (C=O) groups is 1. The van der Waals surface area contributed by atoms with Crippen LogP contribution in [0, 0.1) is 0 Å². The summed E-state index contributed by atoms with van der Waals surface area (Å²) in [6, 6.07) is 0. The van der Waals surface area contributed by atoms with Gasteiger partial charge in [-0.2, -0.15) is 8.42 Å². The quantitative estimate of drug-likeness (QED) is 0.772. The maximum atomic E-state index is 11.6. The predicted octanol–water partition coefficient (Wildman–Crippen LogP) is 1.79. The van der Waals surface area contributed by atoms with Gasteiger partial charge in [-0.3, -0.25) is 0 Å². The van der Waals surface area contributed by atoms with Gasteiger partial charge >= 0.3 is 16.3 Å². The number of anilines is 1. The molecule has 0 fully saturated rings. The van der Waals surface area contributed by atoms with Gasteiger partial charge in [-0.1, -0.05) is 0 Å². The van der Waals surface area contributed by atoms with Crippen LogP contribution in [0.4, 0.5) is 10.6 Å². The molecule has 0 aliphatic rings. The van der Waals surface area contributed by atoms with E-state index in [0.29, 0.717) is 4.60 Å². The van der Waals surface area contributed by atoms with Crippen LogP contribution in [0.2, 0.25) is 0 Å². The van der Waals surface area contributed by atoms with Crippen molar-refractivity contribution in [3.05, 3.63) is 15.4 Å². The van der Waals surface area contributed by atoms with E-state index in [9.17, 15) is 13.2 Å². The molecule has 0 aliphatic carbocycles. The Balaban J connectivity index is 2.77. The van der Waals surface area contributed by atoms with E-state index in [1.807, 2.05) is 4.72 Å². The molecule has 0 unspecified atom stereocenters. The second kappa shape index (κ2) is 6.48. The normalized spacial score (nSPS) is 11.2. The first-order chi connectivity index (χ1) is 8.69. The Hall–Kier alpha value is -0.940. The van der Waals surface area contributed by atoms with Gasteiger partial charge in [0.05, 0.1) is 12.3 Å². The molecule has 0 radical (unpaired) electrons. The van der Waals surface area contributed by atoms with Crippen LogP contribution in [-0.4, -0.2) is 30.6 Å². The van der Waals surface area contributed by atoms with Gasteiger partial charge in [0.25, 0.3) is 0 Å². The predicted molar refractivity (Wildman–Crippen MR) is 74.7 cm³/mol. The standard InChI is InChI=1S/C8H10Br2N4O4S/c1-4(2)18-8(15)14-19(16,17)13-7-6(10)12-5(9)3-11-7/h3-4H,1-2H3,(H,11,13)(H,14,15). The minimum Gasteiger partial charge on any atom is -0.446 e. The first kappa shape index (κ1) is 16.1. The van der Waals surface area contributed by atoms with E-state index < -0.39 is 22.4 Å². The van der Waals surface area contributed by atoms with Crippen LogP contribution in [0.1, 0.15) is 13.8 Å². The van der Waals surface area contributed by atoms with Crippen molar-refractivity contribution in [3.63, 3.8) is 0 Å². The number of amides is 1. The molecule has 1 rings (SSSR count). The van der Waals surface area contributed by atoms with Crippen molar-refractivity contribution >= 4 is 54.0 Å². The Morgan fingerprint density at radius 3 is 2.58 bits per heavy atom. The van der Waals surface area contributed by atoms with Crippen molar-refractivity contribution in [3.8, 4) is 0 Å². The molecule has 8 nitrogen and oxygen atoms in total. The van der Waals surface area contributed by atoms with Gasteiger partial charge in [0, 0.05) is 0 Å². The van der Waals surface area contributed by atoms with Crippen molar-refractivity contribution in [2.75, 3.05) is 4.72 Å². The number of nitrogens with zero attached hydrogens (tertiary/aromatic N) is 2. The molecule has 0 bridgehead atoms. The van der Waals surface area contributed by atoms with E-state index in [1.165, 1.54) is 6.20 Å². The molecular weight excluding hydrogens is 408 g/mol. The monoisotopic (exact) mass is 416 g/mol. The zero-order valence-electron chi connectivity index (χ0n) is 9.85. The highest BCUT2D eigenvalue weighted by atomic mass is 79.9. The number of nitrogens with one attached hydrogen (secondary N) is 2. The Bertz CT molecular complexity index is 578. The smallest absolute Gasteiger partial charge is 0.422 e. The van der Waals surface area contributed by atoms with Gasteiger partial charge in [-0.05, 0) is 45.7 Å². The summed E-state index contributed by atoms with van der Waals surface area (Å²) < 4.78 is 32.2. The van der Waals surface area contributed by atoms with E-state index in [0.717, 1.165) is 0 Å². The summed E-state index contributed by atoms with van der Waals surface area (Å²) in [5.74, 6) is -0.0620.